The van der Waals surface area contributed by atoms with Crippen molar-refractivity contribution in [2.24, 2.45) is 0 Å². The molecule has 24 heavy (non-hydrogen) atoms. The van der Waals surface area contributed by atoms with E-state index in [2.05, 4.69) is 10.3 Å². The predicted molar refractivity (Wildman–Crippen MR) is 89.6 cm³/mol. The molecular formula is C18H13N3O3. The van der Waals surface area contributed by atoms with Crippen molar-refractivity contribution in [1.82, 2.24) is 4.98 Å². The number of H-pyrrole nitrogens is 1. The third-order valence-electron chi connectivity index (χ3n) is 3.67. The minimum absolute atomic E-state index is 0.0220. The Labute approximate surface area is 137 Å². The molecule has 1 amide bonds. The van der Waals surface area contributed by atoms with Crippen LogP contribution < -0.4 is 5.32 Å². The van der Waals surface area contributed by atoms with Gasteiger partial charge in [-0.1, -0.05) is 18.2 Å². The summed E-state index contributed by atoms with van der Waals surface area (Å²) in [6, 6.07) is 14.2. The fourth-order valence-corrected chi connectivity index (χ4v) is 2.61. The topological polar surface area (TPSA) is 106 Å². The zero-order valence-electron chi connectivity index (χ0n) is 12.5. The van der Waals surface area contributed by atoms with Crippen LogP contribution in [0.15, 0.2) is 48.7 Å². The molecule has 0 aliphatic carbocycles. The van der Waals surface area contributed by atoms with E-state index in [1.54, 1.807) is 18.2 Å². The number of hydrogen-bond acceptors (Lipinski definition) is 3. The molecule has 0 atom stereocenters. The molecule has 1 aromatic heterocycles. The predicted octanol–water partition coefficient (Wildman–Crippen LogP) is 3.39. The maximum Gasteiger partial charge on any atom is 0.337 e. The molecule has 0 aliphatic heterocycles. The van der Waals surface area contributed by atoms with Gasteiger partial charge in [0, 0.05) is 17.1 Å². The third kappa shape index (κ3) is 2.83. The Morgan fingerprint density at radius 2 is 2.04 bits per heavy atom. The van der Waals surface area contributed by atoms with Crippen LogP contribution in [0.1, 0.15) is 16.8 Å². The lowest BCUT2D eigenvalue weighted by Gasteiger charge is -2.11. The summed E-state index contributed by atoms with van der Waals surface area (Å²) in [4.78, 5) is 26.2. The monoisotopic (exact) mass is 319 g/mol. The molecular weight excluding hydrogens is 306 g/mol. The lowest BCUT2D eigenvalue weighted by molar-refractivity contribution is -0.115. The van der Waals surface area contributed by atoms with Crippen LogP contribution in [0.25, 0.3) is 22.0 Å². The van der Waals surface area contributed by atoms with E-state index in [1.165, 1.54) is 6.07 Å². The molecule has 0 aliphatic rings. The van der Waals surface area contributed by atoms with E-state index in [0.717, 1.165) is 22.0 Å². The number of hydrogen-bond donors (Lipinski definition) is 3. The number of aromatic amines is 1. The van der Waals surface area contributed by atoms with Crippen LogP contribution in [0.2, 0.25) is 0 Å². The first-order valence-corrected chi connectivity index (χ1v) is 7.21. The highest BCUT2D eigenvalue weighted by atomic mass is 16.4. The number of aromatic carboxylic acids is 1. The number of aromatic nitrogens is 1. The van der Waals surface area contributed by atoms with Crippen molar-refractivity contribution in [3.05, 3.63) is 54.2 Å². The van der Waals surface area contributed by atoms with Gasteiger partial charge in [0.1, 0.15) is 6.42 Å². The maximum atomic E-state index is 11.7. The van der Waals surface area contributed by atoms with Crippen molar-refractivity contribution in [2.45, 2.75) is 6.42 Å². The molecule has 0 radical (unpaired) electrons. The molecule has 3 aromatic rings. The summed E-state index contributed by atoms with van der Waals surface area (Å²) in [6.45, 7) is 0. The van der Waals surface area contributed by atoms with Gasteiger partial charge < -0.3 is 15.4 Å². The summed E-state index contributed by atoms with van der Waals surface area (Å²) in [6.07, 6.45) is 1.49. The minimum Gasteiger partial charge on any atom is -0.478 e. The lowest BCUT2D eigenvalue weighted by atomic mass is 9.99. The molecule has 6 heteroatoms. The van der Waals surface area contributed by atoms with Gasteiger partial charge in [0.15, 0.2) is 0 Å². The Balaban J connectivity index is 2.10. The second kappa shape index (κ2) is 6.26. The Morgan fingerprint density at radius 3 is 2.79 bits per heavy atom. The fraction of sp³-hybridized carbons (Fsp3) is 0.0556. The number of amides is 1. The number of nitriles is 1. The summed E-state index contributed by atoms with van der Waals surface area (Å²) in [5.74, 6) is -1.69. The Hall–Kier alpha value is -3.59. The van der Waals surface area contributed by atoms with Crippen molar-refractivity contribution in [2.75, 3.05) is 5.32 Å². The van der Waals surface area contributed by atoms with Gasteiger partial charge in [-0.25, -0.2) is 4.79 Å². The van der Waals surface area contributed by atoms with Crippen LogP contribution >= 0.6 is 0 Å². The van der Waals surface area contributed by atoms with Gasteiger partial charge >= 0.3 is 5.97 Å². The van der Waals surface area contributed by atoms with E-state index < -0.39 is 11.9 Å². The highest BCUT2D eigenvalue weighted by molar-refractivity contribution is 6.03. The third-order valence-corrected chi connectivity index (χ3v) is 3.67. The summed E-state index contributed by atoms with van der Waals surface area (Å²) in [5.41, 5.74) is 2.81. The van der Waals surface area contributed by atoms with E-state index in [9.17, 15) is 14.7 Å². The number of nitrogens with zero attached hydrogens (tertiary/aromatic N) is 1. The maximum absolute atomic E-state index is 11.7. The first-order chi connectivity index (χ1) is 11.6. The van der Waals surface area contributed by atoms with Crippen LogP contribution in [-0.4, -0.2) is 22.0 Å². The van der Waals surface area contributed by atoms with Gasteiger partial charge in [0.05, 0.1) is 17.3 Å². The number of rotatable bonds is 4. The Kier molecular flexibility index (Phi) is 4.00. The second-order valence-corrected chi connectivity index (χ2v) is 5.19. The second-order valence-electron chi connectivity index (χ2n) is 5.19. The molecule has 0 unspecified atom stereocenters. The summed E-state index contributed by atoms with van der Waals surface area (Å²) in [7, 11) is 0. The van der Waals surface area contributed by atoms with Gasteiger partial charge in [-0.2, -0.15) is 5.26 Å². The van der Waals surface area contributed by atoms with E-state index in [0.29, 0.717) is 0 Å². The fourth-order valence-electron chi connectivity index (χ4n) is 2.61. The highest BCUT2D eigenvalue weighted by Gasteiger charge is 2.15. The number of fused-ring (bicyclic) bond motifs is 1. The summed E-state index contributed by atoms with van der Waals surface area (Å²) >= 11 is 0. The molecule has 3 N–H and O–H groups in total. The molecule has 0 saturated heterocycles. The first-order valence-electron chi connectivity index (χ1n) is 7.21. The van der Waals surface area contributed by atoms with Gasteiger partial charge in [-0.3, -0.25) is 4.79 Å². The molecule has 0 bridgehead atoms. The Morgan fingerprint density at radius 1 is 1.21 bits per heavy atom. The number of carbonyl (C=O) groups excluding carboxylic acids is 1. The van der Waals surface area contributed by atoms with Crippen LogP contribution in [-0.2, 0) is 4.79 Å². The van der Waals surface area contributed by atoms with Gasteiger partial charge in [0.25, 0.3) is 0 Å². The van der Waals surface area contributed by atoms with Crippen molar-refractivity contribution in [3.8, 4) is 17.2 Å². The normalized spacial score (nSPS) is 10.3. The van der Waals surface area contributed by atoms with Crippen LogP contribution in [0.4, 0.5) is 5.69 Å². The summed E-state index contributed by atoms with van der Waals surface area (Å²) < 4.78 is 0. The Bertz CT molecular complexity index is 983. The molecule has 2 aromatic carbocycles. The smallest absolute Gasteiger partial charge is 0.337 e. The molecule has 3 rings (SSSR count). The van der Waals surface area contributed by atoms with Crippen molar-refractivity contribution < 1.29 is 14.7 Å². The number of carboxylic acid groups (broad SMARTS) is 1. The van der Waals surface area contributed by atoms with E-state index in [4.69, 9.17) is 5.26 Å². The van der Waals surface area contributed by atoms with Crippen LogP contribution in [0.5, 0.6) is 0 Å². The number of anilines is 1. The largest absolute Gasteiger partial charge is 0.478 e. The van der Waals surface area contributed by atoms with Crippen LogP contribution in [0, 0.1) is 11.3 Å². The van der Waals surface area contributed by atoms with E-state index in [-0.39, 0.29) is 17.7 Å². The molecule has 118 valence electrons. The van der Waals surface area contributed by atoms with Crippen LogP contribution in [0.3, 0.4) is 0 Å². The molecule has 6 nitrogen and oxygen atoms in total. The van der Waals surface area contributed by atoms with Crippen molar-refractivity contribution >= 4 is 28.5 Å². The van der Waals surface area contributed by atoms with Gasteiger partial charge in [-0.15, -0.1) is 0 Å². The zero-order chi connectivity index (χ0) is 17.1. The summed E-state index contributed by atoms with van der Waals surface area (Å²) in [5, 5.41) is 21.4. The van der Waals surface area contributed by atoms with E-state index >= 15 is 0 Å². The minimum atomic E-state index is -1.14. The lowest BCUT2D eigenvalue weighted by Crippen LogP contribution is -2.13. The quantitative estimate of drug-likeness (QED) is 0.685. The number of benzene rings is 2. The van der Waals surface area contributed by atoms with Crippen molar-refractivity contribution in [3.63, 3.8) is 0 Å². The average molecular weight is 319 g/mol. The highest BCUT2D eigenvalue weighted by Crippen LogP contribution is 2.31. The molecule has 0 saturated carbocycles. The zero-order valence-corrected chi connectivity index (χ0v) is 12.5. The first kappa shape index (κ1) is 15.3. The van der Waals surface area contributed by atoms with Gasteiger partial charge in [0.2, 0.25) is 5.91 Å². The molecule has 1 heterocycles. The number of nitrogens with one attached hydrogen (secondary N) is 2. The number of carbonyl (C=O) groups is 2. The molecule has 0 spiro atoms. The number of carboxylic acids is 1. The van der Waals surface area contributed by atoms with Crippen molar-refractivity contribution in [1.29, 1.82) is 5.26 Å². The standard InChI is InChI=1S/C18H13N3O3/c19-8-6-17(22)21-16-10-11(4-5-14(16)18(23)24)12-2-1-3-15-13(12)7-9-20-15/h1-5,7,9-10,20H,6H2,(H,21,22)(H,23,24). The average Bonchev–Trinajstić information content (AvgIpc) is 3.03. The van der Waals surface area contributed by atoms with Gasteiger partial charge in [-0.05, 0) is 35.4 Å². The SMILES string of the molecule is N#CCC(=O)Nc1cc(-c2cccc3[nH]ccc23)ccc1C(=O)O. The molecule has 0 fully saturated rings. The van der Waals surface area contributed by atoms with E-state index in [1.807, 2.05) is 30.5 Å².